The number of alkyl halides is 3. The van der Waals surface area contributed by atoms with Gasteiger partial charge in [0.15, 0.2) is 5.75 Å². The number of hydrogen-bond donors (Lipinski definition) is 3. The van der Waals surface area contributed by atoms with Gasteiger partial charge in [0.25, 0.3) is 5.91 Å². The first-order chi connectivity index (χ1) is 21.8. The number of fused-ring (bicyclic) bond motifs is 6. The minimum atomic E-state index is -5.33. The summed E-state index contributed by atoms with van der Waals surface area (Å²) in [6.45, 7) is -1.31. The van der Waals surface area contributed by atoms with E-state index in [9.17, 15) is 32.3 Å². The highest BCUT2D eigenvalue weighted by Crippen LogP contribution is 2.83. The average Bonchev–Trinajstić information content (AvgIpc) is 3.99. The van der Waals surface area contributed by atoms with Crippen LogP contribution in [0.4, 0.5) is 17.6 Å². The molecule has 3 atom stereocenters. The molecule has 46 heavy (non-hydrogen) atoms. The quantitative estimate of drug-likeness (QED) is 0.231. The monoisotopic (exact) mass is 654 g/mol. The predicted octanol–water partition coefficient (Wildman–Crippen LogP) is 4.84. The van der Waals surface area contributed by atoms with E-state index in [-0.39, 0.29) is 28.1 Å². The van der Waals surface area contributed by atoms with Gasteiger partial charge in [0.1, 0.15) is 34.3 Å². The summed E-state index contributed by atoms with van der Waals surface area (Å²) < 4.78 is 70.6. The van der Waals surface area contributed by atoms with Crippen molar-refractivity contribution < 1.29 is 41.7 Å². The Morgan fingerprint density at radius 3 is 2.48 bits per heavy atom. The van der Waals surface area contributed by atoms with E-state index in [0.29, 0.717) is 34.7 Å². The number of hydrogen-bond acceptors (Lipinski definition) is 8. The van der Waals surface area contributed by atoms with E-state index in [1.807, 2.05) is 0 Å². The zero-order chi connectivity index (χ0) is 32.4. The van der Waals surface area contributed by atoms with E-state index in [4.69, 9.17) is 15.2 Å². The molecule has 4 N–H and O–H groups in total. The van der Waals surface area contributed by atoms with E-state index in [1.54, 1.807) is 0 Å². The highest BCUT2D eigenvalue weighted by Gasteiger charge is 2.91. The number of pyridine rings is 1. The summed E-state index contributed by atoms with van der Waals surface area (Å²) >= 11 is 1.39. The maximum absolute atomic E-state index is 14.9. The van der Waals surface area contributed by atoms with Crippen LogP contribution in [0.5, 0.6) is 11.5 Å². The summed E-state index contributed by atoms with van der Waals surface area (Å²) in [6, 6.07) is 8.75. The highest BCUT2D eigenvalue weighted by molar-refractivity contribution is 7.18. The molecule has 0 saturated heterocycles. The minimum absolute atomic E-state index is 0.0198. The van der Waals surface area contributed by atoms with Crippen LogP contribution >= 0.6 is 11.3 Å². The first-order valence-corrected chi connectivity index (χ1v) is 15.5. The zero-order valence-electron chi connectivity index (χ0n) is 24.2. The Morgan fingerprint density at radius 2 is 1.87 bits per heavy atom. The molecule has 1 spiro atoms. The lowest BCUT2D eigenvalue weighted by Crippen LogP contribution is -2.51. The van der Waals surface area contributed by atoms with Crippen molar-refractivity contribution in [1.29, 1.82) is 0 Å². The van der Waals surface area contributed by atoms with Gasteiger partial charge >= 0.3 is 6.18 Å². The number of methoxy groups -OCH3 is 1. The Balaban J connectivity index is 1.19. The van der Waals surface area contributed by atoms with Crippen molar-refractivity contribution in [2.45, 2.75) is 54.9 Å². The second kappa shape index (κ2) is 9.38. The fourth-order valence-electron chi connectivity index (χ4n) is 7.00. The van der Waals surface area contributed by atoms with E-state index in [0.717, 1.165) is 36.0 Å². The van der Waals surface area contributed by atoms with Gasteiger partial charge in [-0.2, -0.15) is 13.2 Å². The van der Waals surface area contributed by atoms with Crippen LogP contribution in [0.2, 0.25) is 0 Å². The lowest BCUT2D eigenvalue weighted by molar-refractivity contribution is -0.265. The molecule has 3 saturated carbocycles. The van der Waals surface area contributed by atoms with Crippen LogP contribution in [0.15, 0.2) is 42.5 Å². The van der Waals surface area contributed by atoms with Crippen molar-refractivity contribution in [2.24, 2.45) is 11.1 Å². The third-order valence-electron chi connectivity index (χ3n) is 9.81. The average molecular weight is 655 g/mol. The molecule has 3 aliphatic carbocycles. The summed E-state index contributed by atoms with van der Waals surface area (Å²) in [4.78, 5) is 35.0. The van der Waals surface area contributed by atoms with Gasteiger partial charge in [-0.15, -0.1) is 11.3 Å². The molecule has 2 aromatic carbocycles. The van der Waals surface area contributed by atoms with Crippen molar-refractivity contribution >= 4 is 33.4 Å². The van der Waals surface area contributed by atoms with Crippen molar-refractivity contribution in [3.8, 4) is 22.8 Å². The SMILES string of the molecule is COc1cc(C(=O)NCC(O)(c2cc3c(c(-c4ccc(F)cc4)n2)OC2C4(CC4)[C@@]32C(N)=O)C(F)(F)F)cc2sc(C3CC3)nc12. The molecule has 3 fully saturated rings. The summed E-state index contributed by atoms with van der Waals surface area (Å²) in [6.07, 6.45) is -2.80. The molecule has 8 rings (SSSR count). The van der Waals surface area contributed by atoms with Gasteiger partial charge in [0, 0.05) is 28.0 Å². The van der Waals surface area contributed by atoms with Gasteiger partial charge in [0.05, 0.1) is 29.1 Å². The number of carbonyl (C=O) groups is 2. The molecule has 14 heteroatoms. The Morgan fingerprint density at radius 1 is 1.15 bits per heavy atom. The number of primary amides is 1. The van der Waals surface area contributed by atoms with Crippen molar-refractivity contribution in [1.82, 2.24) is 15.3 Å². The Labute approximate surface area is 262 Å². The van der Waals surface area contributed by atoms with Gasteiger partial charge in [-0.1, -0.05) is 0 Å². The first kappa shape index (κ1) is 29.1. The Bertz CT molecular complexity index is 1970. The summed E-state index contributed by atoms with van der Waals surface area (Å²) in [5, 5.41) is 14.6. The number of ether oxygens (including phenoxy) is 2. The van der Waals surface area contributed by atoms with E-state index in [1.165, 1.54) is 42.7 Å². The Hall–Kier alpha value is -4.30. The van der Waals surface area contributed by atoms with Crippen molar-refractivity contribution in [3.05, 3.63) is 70.1 Å². The summed E-state index contributed by atoms with van der Waals surface area (Å²) in [5.41, 5.74) is 0.0475. The predicted molar refractivity (Wildman–Crippen MR) is 157 cm³/mol. The van der Waals surface area contributed by atoms with E-state index < -0.39 is 58.6 Å². The molecule has 238 valence electrons. The lowest BCUT2D eigenvalue weighted by Gasteiger charge is -2.31. The van der Waals surface area contributed by atoms with Gasteiger partial charge in [-0.3, -0.25) is 9.59 Å². The maximum atomic E-state index is 14.9. The maximum Gasteiger partial charge on any atom is 0.424 e. The molecule has 3 heterocycles. The van der Waals surface area contributed by atoms with E-state index >= 15 is 0 Å². The van der Waals surface area contributed by atoms with Crippen LogP contribution in [-0.4, -0.2) is 52.8 Å². The van der Waals surface area contributed by atoms with Crippen LogP contribution in [0.25, 0.3) is 21.5 Å². The summed E-state index contributed by atoms with van der Waals surface area (Å²) in [5.74, 6) is -1.53. The third kappa shape index (κ3) is 3.89. The van der Waals surface area contributed by atoms with Crippen LogP contribution in [-0.2, 0) is 15.8 Å². The van der Waals surface area contributed by atoms with Crippen molar-refractivity contribution in [3.63, 3.8) is 0 Å². The number of aliphatic hydroxyl groups is 1. The van der Waals surface area contributed by atoms with Crippen molar-refractivity contribution in [2.75, 3.05) is 13.7 Å². The van der Waals surface area contributed by atoms with Gasteiger partial charge < -0.3 is 25.6 Å². The van der Waals surface area contributed by atoms with Crippen LogP contribution in [0.3, 0.4) is 0 Å². The van der Waals surface area contributed by atoms with Gasteiger partial charge in [-0.05, 0) is 68.1 Å². The smallest absolute Gasteiger partial charge is 0.424 e. The molecule has 4 aromatic rings. The first-order valence-electron chi connectivity index (χ1n) is 14.7. The molecule has 9 nitrogen and oxygen atoms in total. The fourth-order valence-corrected chi connectivity index (χ4v) is 8.19. The Kier molecular flexibility index (Phi) is 5.94. The topological polar surface area (TPSA) is 137 Å². The highest BCUT2D eigenvalue weighted by atomic mass is 32.1. The number of nitrogens with zero attached hydrogens (tertiary/aromatic N) is 2. The second-order valence-electron chi connectivity index (χ2n) is 12.5. The van der Waals surface area contributed by atoms with Crippen LogP contribution in [0, 0.1) is 11.2 Å². The number of halogens is 4. The molecule has 4 aliphatic rings. The van der Waals surface area contributed by atoms with E-state index in [2.05, 4.69) is 15.3 Å². The number of nitrogens with two attached hydrogens (primary N) is 1. The fraction of sp³-hybridized carbons (Fsp3) is 0.375. The number of carbonyl (C=O) groups excluding carboxylic acids is 2. The van der Waals surface area contributed by atoms with Gasteiger partial charge in [-0.25, -0.2) is 14.4 Å². The zero-order valence-corrected chi connectivity index (χ0v) is 25.0. The number of amides is 2. The molecule has 0 bridgehead atoms. The number of thiazole rings is 1. The largest absolute Gasteiger partial charge is 0.494 e. The van der Waals surface area contributed by atoms with Crippen LogP contribution < -0.4 is 20.5 Å². The van der Waals surface area contributed by atoms with Crippen LogP contribution in [0.1, 0.15) is 58.2 Å². The molecule has 2 aromatic heterocycles. The molecule has 2 unspecified atom stereocenters. The normalized spacial score (nSPS) is 23.3. The summed E-state index contributed by atoms with van der Waals surface area (Å²) in [7, 11) is 1.41. The standard InChI is InChI=1S/C32H26F4N4O5S/c1-44-19-10-16(11-20-23(19)40-26(46-20)15-2-3-15)25(41)38-13-30(43,32(34,35)36)21-12-18-24(22(39-21)14-4-6-17(33)7-5-14)45-27-29(8-9-29)31(18,27)28(37)42/h4-7,10-12,15,27,43H,2-3,8-9,13H2,1H3,(H2,37,42)(H,38,41)/t27?,30?,31-/m0/s1. The lowest BCUT2D eigenvalue weighted by atomic mass is 9.86. The minimum Gasteiger partial charge on any atom is -0.494 e. The number of nitrogens with one attached hydrogen (secondary N) is 1. The molecule has 2 amide bonds. The third-order valence-corrected chi connectivity index (χ3v) is 11.0. The molecule has 1 aliphatic heterocycles. The number of aromatic nitrogens is 2. The second-order valence-corrected chi connectivity index (χ2v) is 13.5. The number of benzene rings is 2. The molecular formula is C32H26F4N4O5S. The van der Waals surface area contributed by atoms with Gasteiger partial charge in [0.2, 0.25) is 11.5 Å². The molecular weight excluding hydrogens is 628 g/mol. The number of rotatable bonds is 8. The molecule has 0 radical (unpaired) electrons.